The van der Waals surface area contributed by atoms with Gasteiger partial charge >= 0.3 is 0 Å². The molecule has 10 aromatic rings. The van der Waals surface area contributed by atoms with E-state index in [1.165, 1.54) is 64.6 Å². The molecule has 2 aromatic heterocycles. The molecule has 222 valence electrons. The second kappa shape index (κ2) is 10.6. The van der Waals surface area contributed by atoms with Crippen LogP contribution in [-0.2, 0) is 0 Å². The monoisotopic (exact) mass is 608 g/mol. The quantitative estimate of drug-likeness (QED) is 0.187. The van der Waals surface area contributed by atoms with Crippen LogP contribution in [0.3, 0.4) is 0 Å². The third-order valence-electron chi connectivity index (χ3n) is 9.84. The molecule has 0 amide bonds. The van der Waals surface area contributed by atoms with Gasteiger partial charge < -0.3 is 0 Å². The van der Waals surface area contributed by atoms with Crippen LogP contribution in [-0.4, -0.2) is 9.97 Å². The van der Waals surface area contributed by atoms with Gasteiger partial charge in [-0.25, -0.2) is 9.97 Å². The Morgan fingerprint density at radius 3 is 0.812 bits per heavy atom. The lowest BCUT2D eigenvalue weighted by atomic mass is 9.93. The predicted molar refractivity (Wildman–Crippen MR) is 203 cm³/mol. The SMILES string of the molecule is c1cc(-c2ccc3c4ccccc4c4ccccc4c3c2)nc(-c2cccc(-c3ccc4c5ccccc5c5ccccc5c4c3)n2)c1. The fraction of sp³-hybridized carbons (Fsp3) is 0. The second-order valence-electron chi connectivity index (χ2n) is 12.5. The van der Waals surface area contributed by atoms with Crippen LogP contribution in [0.15, 0.2) is 170 Å². The van der Waals surface area contributed by atoms with Gasteiger partial charge in [0.05, 0.1) is 22.8 Å². The van der Waals surface area contributed by atoms with Gasteiger partial charge in [-0.2, -0.15) is 0 Å². The number of fused-ring (bicyclic) bond motifs is 12. The highest BCUT2D eigenvalue weighted by Crippen LogP contribution is 2.39. The van der Waals surface area contributed by atoms with Crippen LogP contribution >= 0.6 is 0 Å². The topological polar surface area (TPSA) is 25.8 Å². The Hall–Kier alpha value is -6.38. The number of nitrogens with zero attached hydrogens (tertiary/aromatic N) is 2. The van der Waals surface area contributed by atoms with Crippen molar-refractivity contribution in [1.82, 2.24) is 9.97 Å². The molecular weight excluding hydrogens is 581 g/mol. The standard InChI is InChI=1S/C46H28N2/c1-3-15-35-31(11-1)33-13-5-7-17-37(33)41-27-29(23-25-39(35)41)43-19-9-21-45(47-43)46-22-10-20-44(48-46)30-24-26-40-36-16-4-2-12-32(36)34-14-6-8-18-38(34)42(40)28-30/h1-28H. The van der Waals surface area contributed by atoms with E-state index in [2.05, 4.69) is 170 Å². The summed E-state index contributed by atoms with van der Waals surface area (Å²) in [6, 6.07) is 60.7. The first-order valence-electron chi connectivity index (χ1n) is 16.4. The molecule has 0 bridgehead atoms. The summed E-state index contributed by atoms with van der Waals surface area (Å²) >= 11 is 0. The van der Waals surface area contributed by atoms with Gasteiger partial charge in [-0.15, -0.1) is 0 Å². The summed E-state index contributed by atoms with van der Waals surface area (Å²) in [6.07, 6.45) is 0. The Morgan fingerprint density at radius 2 is 0.479 bits per heavy atom. The predicted octanol–water partition coefficient (Wildman–Crippen LogP) is 12.4. The van der Waals surface area contributed by atoms with Crippen molar-refractivity contribution in [1.29, 1.82) is 0 Å². The maximum Gasteiger partial charge on any atom is 0.0893 e. The maximum absolute atomic E-state index is 5.16. The average Bonchev–Trinajstić information content (AvgIpc) is 3.18. The van der Waals surface area contributed by atoms with Crippen molar-refractivity contribution in [2.45, 2.75) is 0 Å². The molecule has 0 fully saturated rings. The minimum absolute atomic E-state index is 0.857. The van der Waals surface area contributed by atoms with E-state index in [1.54, 1.807) is 0 Å². The normalized spacial score (nSPS) is 11.8. The smallest absolute Gasteiger partial charge is 0.0893 e. The van der Waals surface area contributed by atoms with E-state index in [0.717, 1.165) is 33.9 Å². The molecule has 2 heteroatoms. The van der Waals surface area contributed by atoms with E-state index in [4.69, 9.17) is 9.97 Å². The van der Waals surface area contributed by atoms with Gasteiger partial charge in [0.1, 0.15) is 0 Å². The minimum atomic E-state index is 0.857. The Bertz CT molecular complexity index is 2630. The highest BCUT2D eigenvalue weighted by Gasteiger charge is 2.13. The average molecular weight is 609 g/mol. The summed E-state index contributed by atoms with van der Waals surface area (Å²) in [5.74, 6) is 0. The summed E-state index contributed by atoms with van der Waals surface area (Å²) in [6.45, 7) is 0. The van der Waals surface area contributed by atoms with E-state index in [-0.39, 0.29) is 0 Å². The molecule has 0 N–H and O–H groups in total. The van der Waals surface area contributed by atoms with Crippen LogP contribution in [0.4, 0.5) is 0 Å². The molecule has 0 aliphatic heterocycles. The van der Waals surface area contributed by atoms with Crippen LogP contribution in [0.2, 0.25) is 0 Å². The molecule has 0 spiro atoms. The van der Waals surface area contributed by atoms with Crippen molar-refractivity contribution >= 4 is 64.6 Å². The van der Waals surface area contributed by atoms with Gasteiger partial charge in [0.15, 0.2) is 0 Å². The van der Waals surface area contributed by atoms with E-state index < -0.39 is 0 Å². The van der Waals surface area contributed by atoms with E-state index in [0.29, 0.717) is 0 Å². The first-order chi connectivity index (χ1) is 23.8. The maximum atomic E-state index is 5.16. The van der Waals surface area contributed by atoms with Crippen LogP contribution in [0.25, 0.3) is 98.5 Å². The van der Waals surface area contributed by atoms with Crippen molar-refractivity contribution < 1.29 is 0 Å². The molecule has 0 atom stereocenters. The van der Waals surface area contributed by atoms with Gasteiger partial charge in [0.2, 0.25) is 0 Å². The summed E-state index contributed by atoms with van der Waals surface area (Å²) in [5, 5.41) is 15.2. The largest absolute Gasteiger partial charge is 0.246 e. The Labute approximate surface area is 277 Å². The van der Waals surface area contributed by atoms with Crippen molar-refractivity contribution in [3.05, 3.63) is 170 Å². The van der Waals surface area contributed by atoms with Crippen LogP contribution < -0.4 is 0 Å². The molecule has 2 heterocycles. The summed E-state index contributed by atoms with van der Waals surface area (Å²) < 4.78 is 0. The molecule has 10 rings (SSSR count). The molecule has 0 aliphatic carbocycles. The molecule has 8 aromatic carbocycles. The fourth-order valence-corrected chi connectivity index (χ4v) is 7.61. The van der Waals surface area contributed by atoms with Crippen molar-refractivity contribution in [2.75, 3.05) is 0 Å². The summed E-state index contributed by atoms with van der Waals surface area (Å²) in [7, 11) is 0. The zero-order valence-electron chi connectivity index (χ0n) is 26.1. The molecule has 0 saturated heterocycles. The van der Waals surface area contributed by atoms with E-state index >= 15 is 0 Å². The van der Waals surface area contributed by atoms with Gasteiger partial charge in [-0.3, -0.25) is 0 Å². The number of pyridine rings is 2. The fourth-order valence-electron chi connectivity index (χ4n) is 7.61. The Morgan fingerprint density at radius 1 is 0.208 bits per heavy atom. The Kier molecular flexibility index (Phi) is 5.91. The molecule has 0 saturated carbocycles. The molecule has 48 heavy (non-hydrogen) atoms. The number of benzene rings is 8. The van der Waals surface area contributed by atoms with Crippen molar-refractivity contribution in [3.8, 4) is 33.9 Å². The Balaban J connectivity index is 1.08. The van der Waals surface area contributed by atoms with Crippen LogP contribution in [0.5, 0.6) is 0 Å². The highest BCUT2D eigenvalue weighted by molar-refractivity contribution is 6.26. The lowest BCUT2D eigenvalue weighted by molar-refractivity contribution is 1.25. The summed E-state index contributed by atoms with van der Waals surface area (Å²) in [5.41, 5.74) is 5.76. The first kappa shape index (κ1) is 26.8. The number of hydrogen-bond acceptors (Lipinski definition) is 2. The van der Waals surface area contributed by atoms with Gasteiger partial charge in [0.25, 0.3) is 0 Å². The molecule has 2 nitrogen and oxygen atoms in total. The zero-order valence-corrected chi connectivity index (χ0v) is 26.1. The minimum Gasteiger partial charge on any atom is -0.246 e. The number of aromatic nitrogens is 2. The van der Waals surface area contributed by atoms with E-state index in [9.17, 15) is 0 Å². The zero-order chi connectivity index (χ0) is 31.6. The van der Waals surface area contributed by atoms with Gasteiger partial charge in [-0.1, -0.05) is 133 Å². The second-order valence-corrected chi connectivity index (χ2v) is 12.5. The third kappa shape index (κ3) is 4.13. The van der Waals surface area contributed by atoms with Gasteiger partial charge in [-0.05, 0) is 101 Å². The summed E-state index contributed by atoms with van der Waals surface area (Å²) in [4.78, 5) is 10.3. The molecule has 0 radical (unpaired) electrons. The lowest BCUT2D eigenvalue weighted by Gasteiger charge is -2.13. The van der Waals surface area contributed by atoms with Crippen LogP contribution in [0, 0.1) is 0 Å². The molecule has 0 unspecified atom stereocenters. The number of rotatable bonds is 3. The molecule has 0 aliphatic rings. The lowest BCUT2D eigenvalue weighted by Crippen LogP contribution is -1.93. The van der Waals surface area contributed by atoms with Gasteiger partial charge in [0, 0.05) is 11.1 Å². The third-order valence-corrected chi connectivity index (χ3v) is 9.84. The molecular formula is C46H28N2. The van der Waals surface area contributed by atoms with Crippen molar-refractivity contribution in [2.24, 2.45) is 0 Å². The van der Waals surface area contributed by atoms with Crippen molar-refractivity contribution in [3.63, 3.8) is 0 Å². The highest BCUT2D eigenvalue weighted by atomic mass is 14.8. The van der Waals surface area contributed by atoms with E-state index in [1.807, 2.05) is 0 Å². The number of hydrogen-bond donors (Lipinski definition) is 0. The van der Waals surface area contributed by atoms with Crippen LogP contribution in [0.1, 0.15) is 0 Å². The first-order valence-corrected chi connectivity index (χ1v) is 16.4.